The molecule has 0 amide bonds. The third-order valence-corrected chi connectivity index (χ3v) is 3.54. The fraction of sp³-hybridized carbons (Fsp3) is 0. The highest BCUT2D eigenvalue weighted by Gasteiger charge is 2.06. The molecule has 2 aromatic rings. The Balaban J connectivity index is 2.27. The Bertz CT molecular complexity index is 502. The highest BCUT2D eigenvalue weighted by atomic mass is 35.5. The SMILES string of the molecule is Nc1cccc(Sc2ccc(Cl)nn2)c1Cl. The number of nitrogen functional groups attached to an aromatic ring is 1. The molecule has 82 valence electrons. The van der Waals surface area contributed by atoms with Gasteiger partial charge in [-0.05, 0) is 24.3 Å². The Labute approximate surface area is 107 Å². The first-order valence-electron chi connectivity index (χ1n) is 4.38. The van der Waals surface area contributed by atoms with Crippen LogP contribution in [0.4, 0.5) is 5.69 Å². The van der Waals surface area contributed by atoms with E-state index in [9.17, 15) is 0 Å². The minimum Gasteiger partial charge on any atom is -0.397 e. The minimum absolute atomic E-state index is 0.364. The highest BCUT2D eigenvalue weighted by Crippen LogP contribution is 2.35. The van der Waals surface area contributed by atoms with Gasteiger partial charge in [0.25, 0.3) is 0 Å². The number of rotatable bonds is 2. The van der Waals surface area contributed by atoms with Gasteiger partial charge < -0.3 is 5.73 Å². The lowest BCUT2D eigenvalue weighted by molar-refractivity contribution is 0.930. The molecule has 0 saturated carbocycles. The second-order valence-electron chi connectivity index (χ2n) is 2.96. The summed E-state index contributed by atoms with van der Waals surface area (Å²) in [6.07, 6.45) is 0. The molecule has 0 spiro atoms. The van der Waals surface area contributed by atoms with E-state index in [1.54, 1.807) is 18.2 Å². The van der Waals surface area contributed by atoms with Crippen LogP contribution in [0.5, 0.6) is 0 Å². The van der Waals surface area contributed by atoms with Crippen molar-refractivity contribution in [2.24, 2.45) is 0 Å². The van der Waals surface area contributed by atoms with Crippen molar-refractivity contribution < 1.29 is 0 Å². The van der Waals surface area contributed by atoms with E-state index in [2.05, 4.69) is 10.2 Å². The van der Waals surface area contributed by atoms with E-state index in [0.717, 1.165) is 9.92 Å². The lowest BCUT2D eigenvalue weighted by atomic mass is 10.3. The molecule has 1 heterocycles. The van der Waals surface area contributed by atoms with Crippen LogP contribution in [0.15, 0.2) is 40.3 Å². The molecule has 3 nitrogen and oxygen atoms in total. The van der Waals surface area contributed by atoms with E-state index in [1.807, 2.05) is 12.1 Å². The van der Waals surface area contributed by atoms with Gasteiger partial charge in [-0.3, -0.25) is 0 Å². The summed E-state index contributed by atoms with van der Waals surface area (Å²) < 4.78 is 0. The van der Waals surface area contributed by atoms with E-state index < -0.39 is 0 Å². The molecule has 2 N–H and O–H groups in total. The van der Waals surface area contributed by atoms with Crippen LogP contribution in [0.1, 0.15) is 0 Å². The molecule has 0 fully saturated rings. The Kier molecular flexibility index (Phi) is 3.53. The normalized spacial score (nSPS) is 10.4. The molecule has 1 aromatic carbocycles. The zero-order valence-corrected chi connectivity index (χ0v) is 10.4. The monoisotopic (exact) mass is 271 g/mol. The lowest BCUT2D eigenvalue weighted by Crippen LogP contribution is -1.88. The summed E-state index contributed by atoms with van der Waals surface area (Å²) in [5.74, 6) is 0. The van der Waals surface area contributed by atoms with Crippen molar-refractivity contribution >= 4 is 40.7 Å². The van der Waals surface area contributed by atoms with Crippen molar-refractivity contribution in [2.45, 2.75) is 9.92 Å². The van der Waals surface area contributed by atoms with Gasteiger partial charge in [-0.1, -0.05) is 41.0 Å². The fourth-order valence-corrected chi connectivity index (χ4v) is 2.22. The quantitative estimate of drug-likeness (QED) is 0.850. The number of nitrogens with zero attached hydrogens (tertiary/aromatic N) is 2. The van der Waals surface area contributed by atoms with Gasteiger partial charge in [-0.15, -0.1) is 10.2 Å². The summed E-state index contributed by atoms with van der Waals surface area (Å²) in [5, 5.41) is 9.29. The predicted octanol–water partition coefficient (Wildman–Crippen LogP) is 3.52. The topological polar surface area (TPSA) is 51.8 Å². The van der Waals surface area contributed by atoms with Crippen LogP contribution >= 0.6 is 35.0 Å². The maximum Gasteiger partial charge on any atom is 0.151 e. The van der Waals surface area contributed by atoms with Crippen molar-refractivity contribution in [3.05, 3.63) is 40.5 Å². The molecule has 0 aliphatic rings. The van der Waals surface area contributed by atoms with Crippen molar-refractivity contribution in [3.63, 3.8) is 0 Å². The maximum atomic E-state index is 6.05. The van der Waals surface area contributed by atoms with Crippen molar-refractivity contribution in [2.75, 3.05) is 5.73 Å². The van der Waals surface area contributed by atoms with Gasteiger partial charge in [0.15, 0.2) is 5.15 Å². The van der Waals surface area contributed by atoms with Gasteiger partial charge in [-0.2, -0.15) is 0 Å². The molecule has 6 heteroatoms. The van der Waals surface area contributed by atoms with E-state index in [0.29, 0.717) is 15.9 Å². The minimum atomic E-state index is 0.364. The average molecular weight is 272 g/mol. The van der Waals surface area contributed by atoms with Crippen molar-refractivity contribution in [3.8, 4) is 0 Å². The number of nitrogens with two attached hydrogens (primary N) is 1. The van der Waals surface area contributed by atoms with Gasteiger partial charge in [0.2, 0.25) is 0 Å². The summed E-state index contributed by atoms with van der Waals surface area (Å²) in [6.45, 7) is 0. The molecule has 0 radical (unpaired) electrons. The fourth-order valence-electron chi connectivity index (χ4n) is 1.08. The van der Waals surface area contributed by atoms with Gasteiger partial charge >= 0.3 is 0 Å². The first kappa shape index (κ1) is 11.5. The van der Waals surface area contributed by atoms with Crippen LogP contribution in [-0.2, 0) is 0 Å². The largest absolute Gasteiger partial charge is 0.397 e. The molecule has 1 aromatic heterocycles. The highest BCUT2D eigenvalue weighted by molar-refractivity contribution is 7.99. The van der Waals surface area contributed by atoms with Crippen molar-refractivity contribution in [1.29, 1.82) is 0 Å². The van der Waals surface area contributed by atoms with E-state index >= 15 is 0 Å². The molecular formula is C10H7Cl2N3S. The van der Waals surface area contributed by atoms with Gasteiger partial charge in [0, 0.05) is 4.90 Å². The Morgan fingerprint density at radius 3 is 2.56 bits per heavy atom. The van der Waals surface area contributed by atoms with Gasteiger partial charge in [0.1, 0.15) is 5.03 Å². The Morgan fingerprint density at radius 2 is 1.88 bits per heavy atom. The van der Waals surface area contributed by atoms with Gasteiger partial charge in [0.05, 0.1) is 10.7 Å². The summed E-state index contributed by atoms with van der Waals surface area (Å²) in [5.41, 5.74) is 6.25. The first-order chi connectivity index (χ1) is 7.66. The van der Waals surface area contributed by atoms with Crippen LogP contribution in [0.2, 0.25) is 10.2 Å². The van der Waals surface area contributed by atoms with Crippen molar-refractivity contribution in [1.82, 2.24) is 10.2 Å². The molecule has 0 aliphatic carbocycles. The van der Waals surface area contributed by atoms with Crippen LogP contribution < -0.4 is 5.73 Å². The number of anilines is 1. The van der Waals surface area contributed by atoms with Crippen LogP contribution in [-0.4, -0.2) is 10.2 Å². The molecule has 0 atom stereocenters. The van der Waals surface area contributed by atoms with E-state index in [1.165, 1.54) is 11.8 Å². The Morgan fingerprint density at radius 1 is 1.06 bits per heavy atom. The second kappa shape index (κ2) is 4.91. The van der Waals surface area contributed by atoms with E-state index in [-0.39, 0.29) is 0 Å². The van der Waals surface area contributed by atoms with Gasteiger partial charge in [-0.25, -0.2) is 0 Å². The predicted molar refractivity (Wildman–Crippen MR) is 67.0 cm³/mol. The first-order valence-corrected chi connectivity index (χ1v) is 5.95. The molecule has 16 heavy (non-hydrogen) atoms. The number of hydrogen-bond donors (Lipinski definition) is 1. The lowest BCUT2D eigenvalue weighted by Gasteiger charge is -2.04. The van der Waals surface area contributed by atoms with Crippen LogP contribution in [0, 0.1) is 0 Å². The smallest absolute Gasteiger partial charge is 0.151 e. The molecular weight excluding hydrogens is 265 g/mol. The average Bonchev–Trinajstić information content (AvgIpc) is 2.28. The third-order valence-electron chi connectivity index (χ3n) is 1.82. The van der Waals surface area contributed by atoms with E-state index in [4.69, 9.17) is 28.9 Å². The zero-order chi connectivity index (χ0) is 11.5. The Hall–Kier alpha value is -0.970. The second-order valence-corrected chi connectivity index (χ2v) is 4.78. The molecule has 0 bridgehead atoms. The molecule has 0 aliphatic heterocycles. The number of benzene rings is 1. The molecule has 0 unspecified atom stereocenters. The zero-order valence-electron chi connectivity index (χ0n) is 8.02. The molecule has 0 saturated heterocycles. The number of halogens is 2. The third kappa shape index (κ3) is 2.58. The maximum absolute atomic E-state index is 6.05. The summed E-state index contributed by atoms with van der Waals surface area (Å²) >= 11 is 13.1. The number of hydrogen-bond acceptors (Lipinski definition) is 4. The summed E-state index contributed by atoms with van der Waals surface area (Å²) in [6, 6.07) is 8.92. The van der Waals surface area contributed by atoms with Crippen LogP contribution in [0.25, 0.3) is 0 Å². The summed E-state index contributed by atoms with van der Waals surface area (Å²) in [7, 11) is 0. The summed E-state index contributed by atoms with van der Waals surface area (Å²) in [4.78, 5) is 0.846. The standard InChI is InChI=1S/C10H7Cl2N3S/c11-8-4-5-9(15-14-8)16-7-3-1-2-6(13)10(7)12/h1-5H,13H2. The number of aromatic nitrogens is 2. The van der Waals surface area contributed by atoms with Crippen LogP contribution in [0.3, 0.4) is 0 Å². The molecule has 2 rings (SSSR count).